The average Bonchev–Trinajstić information content (AvgIpc) is 2.28. The number of thiocarbonyl (C=S) groups is 1. The molecule has 0 radical (unpaired) electrons. The average molecular weight is 236 g/mol. The van der Waals surface area contributed by atoms with Crippen LogP contribution < -0.4 is 10.6 Å². The Balaban J connectivity index is 2.47. The van der Waals surface area contributed by atoms with Crippen LogP contribution in [0.5, 0.6) is 0 Å². The van der Waals surface area contributed by atoms with Crippen molar-refractivity contribution in [2.24, 2.45) is 0 Å². The molecule has 0 bridgehead atoms. The lowest BCUT2D eigenvalue weighted by molar-refractivity contribution is 0.795. The molecule has 0 unspecified atom stereocenters. The molecule has 1 rings (SSSR count). The van der Waals surface area contributed by atoms with Crippen LogP contribution in [0.4, 0.5) is 5.69 Å². The molecular weight excluding hydrogens is 216 g/mol. The van der Waals surface area contributed by atoms with Gasteiger partial charge in [0.25, 0.3) is 0 Å². The molecule has 0 aliphatic rings. The normalized spacial score (nSPS) is 9.88. The monoisotopic (exact) mass is 236 g/mol. The fourth-order valence-electron chi connectivity index (χ4n) is 1.47. The Bertz CT molecular complexity index is 319. The molecule has 0 aliphatic carbocycles. The van der Waals surface area contributed by atoms with Gasteiger partial charge in [0.05, 0.1) is 0 Å². The Labute approximate surface area is 103 Å². The molecule has 16 heavy (non-hydrogen) atoms. The van der Waals surface area contributed by atoms with Crippen LogP contribution in [0.15, 0.2) is 24.3 Å². The number of nitrogens with one attached hydrogen (secondary N) is 2. The van der Waals surface area contributed by atoms with E-state index in [9.17, 15) is 0 Å². The second-order valence-electron chi connectivity index (χ2n) is 3.78. The quantitative estimate of drug-likeness (QED) is 0.767. The first kappa shape index (κ1) is 13.0. The van der Waals surface area contributed by atoms with E-state index in [2.05, 4.69) is 41.8 Å². The van der Waals surface area contributed by atoms with Gasteiger partial charge in [-0.3, -0.25) is 0 Å². The van der Waals surface area contributed by atoms with Gasteiger partial charge in [-0.15, -0.1) is 0 Å². The third-order valence-corrected chi connectivity index (χ3v) is 2.61. The second kappa shape index (κ2) is 7.23. The Kier molecular flexibility index (Phi) is 5.86. The summed E-state index contributed by atoms with van der Waals surface area (Å²) in [4.78, 5) is 0. The summed E-state index contributed by atoms with van der Waals surface area (Å²) in [6, 6.07) is 8.47. The fraction of sp³-hybridized carbons (Fsp3) is 0.462. The van der Waals surface area contributed by atoms with E-state index in [1.165, 1.54) is 18.4 Å². The lowest BCUT2D eigenvalue weighted by Crippen LogP contribution is -2.27. The van der Waals surface area contributed by atoms with Crippen molar-refractivity contribution >= 4 is 23.0 Å². The van der Waals surface area contributed by atoms with Crippen molar-refractivity contribution in [3.8, 4) is 0 Å². The summed E-state index contributed by atoms with van der Waals surface area (Å²) in [7, 11) is 0. The minimum atomic E-state index is 0.684. The van der Waals surface area contributed by atoms with Gasteiger partial charge in [-0.2, -0.15) is 0 Å². The highest BCUT2D eigenvalue weighted by atomic mass is 32.1. The van der Waals surface area contributed by atoms with Gasteiger partial charge < -0.3 is 10.6 Å². The van der Waals surface area contributed by atoms with Crippen molar-refractivity contribution in [1.82, 2.24) is 5.32 Å². The number of hydrogen-bond acceptors (Lipinski definition) is 1. The number of unbranched alkanes of at least 4 members (excludes halogenated alkanes) is 1. The van der Waals surface area contributed by atoms with Crippen molar-refractivity contribution in [3.63, 3.8) is 0 Å². The van der Waals surface area contributed by atoms with Crippen molar-refractivity contribution in [2.45, 2.75) is 33.1 Å². The first-order valence-corrected chi connectivity index (χ1v) is 6.31. The van der Waals surface area contributed by atoms with Gasteiger partial charge in [0.1, 0.15) is 0 Å². The third-order valence-electron chi connectivity index (χ3n) is 2.37. The second-order valence-corrected chi connectivity index (χ2v) is 4.19. The van der Waals surface area contributed by atoms with Crippen molar-refractivity contribution < 1.29 is 0 Å². The van der Waals surface area contributed by atoms with Gasteiger partial charge >= 0.3 is 0 Å². The number of anilines is 1. The molecule has 0 aliphatic heterocycles. The molecule has 0 aromatic heterocycles. The number of rotatable bonds is 5. The van der Waals surface area contributed by atoms with Gasteiger partial charge in [0, 0.05) is 12.2 Å². The first-order chi connectivity index (χ1) is 7.76. The van der Waals surface area contributed by atoms with E-state index in [4.69, 9.17) is 12.2 Å². The van der Waals surface area contributed by atoms with Crippen LogP contribution in [-0.4, -0.2) is 11.7 Å². The molecule has 0 fully saturated rings. The highest BCUT2D eigenvalue weighted by Gasteiger charge is 1.96. The van der Waals surface area contributed by atoms with Crippen LogP contribution in [0.2, 0.25) is 0 Å². The Morgan fingerprint density at radius 1 is 1.19 bits per heavy atom. The van der Waals surface area contributed by atoms with Crippen molar-refractivity contribution in [3.05, 3.63) is 29.8 Å². The van der Waals surface area contributed by atoms with Gasteiger partial charge in [0.15, 0.2) is 5.11 Å². The summed E-state index contributed by atoms with van der Waals surface area (Å²) in [5, 5.41) is 6.89. The first-order valence-electron chi connectivity index (χ1n) is 5.90. The molecule has 1 aromatic rings. The van der Waals surface area contributed by atoms with E-state index in [1.54, 1.807) is 0 Å². The van der Waals surface area contributed by atoms with Crippen LogP contribution >= 0.6 is 12.2 Å². The predicted molar refractivity (Wildman–Crippen MR) is 75.0 cm³/mol. The lowest BCUT2D eigenvalue weighted by atomic mass is 10.1. The minimum Gasteiger partial charge on any atom is -0.363 e. The van der Waals surface area contributed by atoms with Crippen LogP contribution in [0, 0.1) is 0 Å². The van der Waals surface area contributed by atoms with E-state index in [-0.39, 0.29) is 0 Å². The lowest BCUT2D eigenvalue weighted by Gasteiger charge is -2.09. The van der Waals surface area contributed by atoms with E-state index in [1.807, 2.05) is 6.92 Å². The van der Waals surface area contributed by atoms with Crippen LogP contribution in [0.1, 0.15) is 32.3 Å². The smallest absolute Gasteiger partial charge is 0.170 e. The molecular formula is C13H20N2S. The Morgan fingerprint density at radius 2 is 1.88 bits per heavy atom. The van der Waals surface area contributed by atoms with Crippen LogP contribution in [0.3, 0.4) is 0 Å². The van der Waals surface area contributed by atoms with Gasteiger partial charge in [-0.05, 0) is 49.7 Å². The molecule has 0 amide bonds. The topological polar surface area (TPSA) is 24.1 Å². The summed E-state index contributed by atoms with van der Waals surface area (Å²) in [5.74, 6) is 0. The summed E-state index contributed by atoms with van der Waals surface area (Å²) >= 11 is 5.12. The summed E-state index contributed by atoms with van der Waals surface area (Å²) in [6.07, 6.45) is 3.65. The predicted octanol–water partition coefficient (Wildman–Crippen LogP) is 3.34. The molecule has 88 valence electrons. The molecule has 0 heterocycles. The maximum atomic E-state index is 5.12. The summed E-state index contributed by atoms with van der Waals surface area (Å²) in [6.45, 7) is 5.09. The summed E-state index contributed by atoms with van der Waals surface area (Å²) in [5.41, 5.74) is 2.44. The molecule has 0 saturated carbocycles. The molecule has 2 N–H and O–H groups in total. The van der Waals surface area contributed by atoms with E-state index < -0.39 is 0 Å². The number of benzene rings is 1. The van der Waals surface area contributed by atoms with Crippen molar-refractivity contribution in [2.75, 3.05) is 11.9 Å². The zero-order valence-corrected chi connectivity index (χ0v) is 10.9. The zero-order chi connectivity index (χ0) is 11.8. The van der Waals surface area contributed by atoms with Gasteiger partial charge in [-0.1, -0.05) is 25.5 Å². The van der Waals surface area contributed by atoms with Gasteiger partial charge in [-0.25, -0.2) is 0 Å². The van der Waals surface area contributed by atoms with Crippen LogP contribution in [-0.2, 0) is 6.42 Å². The Hall–Kier alpha value is -1.09. The SMILES string of the molecule is CCCCc1ccc(NC(=S)NCC)cc1. The van der Waals surface area contributed by atoms with E-state index >= 15 is 0 Å². The maximum absolute atomic E-state index is 5.12. The minimum absolute atomic E-state index is 0.684. The highest BCUT2D eigenvalue weighted by Crippen LogP contribution is 2.11. The molecule has 0 spiro atoms. The maximum Gasteiger partial charge on any atom is 0.170 e. The number of hydrogen-bond donors (Lipinski definition) is 2. The molecule has 2 nitrogen and oxygen atoms in total. The third kappa shape index (κ3) is 4.62. The highest BCUT2D eigenvalue weighted by molar-refractivity contribution is 7.80. The Morgan fingerprint density at radius 3 is 2.44 bits per heavy atom. The number of aryl methyl sites for hydroxylation is 1. The largest absolute Gasteiger partial charge is 0.363 e. The fourth-order valence-corrected chi connectivity index (χ4v) is 1.73. The van der Waals surface area contributed by atoms with E-state index in [0.717, 1.165) is 18.7 Å². The molecule has 0 atom stereocenters. The molecule has 0 saturated heterocycles. The summed E-state index contributed by atoms with van der Waals surface area (Å²) < 4.78 is 0. The molecule has 3 heteroatoms. The van der Waals surface area contributed by atoms with Crippen molar-refractivity contribution in [1.29, 1.82) is 0 Å². The molecule has 1 aromatic carbocycles. The standard InChI is InChI=1S/C13H20N2S/c1-3-5-6-11-7-9-12(10-8-11)15-13(16)14-4-2/h7-10H,3-6H2,1-2H3,(H2,14,15,16). The van der Waals surface area contributed by atoms with Crippen LogP contribution in [0.25, 0.3) is 0 Å². The zero-order valence-electron chi connectivity index (χ0n) is 10.0. The van der Waals surface area contributed by atoms with E-state index in [0.29, 0.717) is 5.11 Å². The van der Waals surface area contributed by atoms with Gasteiger partial charge in [0.2, 0.25) is 0 Å².